The molecule has 3 rings (SSSR count). The molecule has 9 nitrogen and oxygen atoms in total. The SMILES string of the molecule is CCC(C)C(NC(=O)c1cc(-c2ccc(NC(=O)Nc3ccc(F)cc3F)c(F)c2)no1)C(=O)OC. The van der Waals surface area contributed by atoms with E-state index in [0.29, 0.717) is 12.5 Å². The van der Waals surface area contributed by atoms with Crippen molar-refractivity contribution in [3.05, 3.63) is 65.7 Å². The fourth-order valence-electron chi connectivity index (χ4n) is 3.17. The predicted octanol–water partition coefficient (Wildman–Crippen LogP) is 4.72. The number of hydrogen-bond acceptors (Lipinski definition) is 6. The molecule has 0 saturated carbocycles. The predicted molar refractivity (Wildman–Crippen MR) is 124 cm³/mol. The Bertz CT molecular complexity index is 1280. The number of esters is 1. The fraction of sp³-hybridized carbons (Fsp3) is 0.250. The van der Waals surface area contributed by atoms with E-state index in [0.717, 1.165) is 18.2 Å². The van der Waals surface area contributed by atoms with Gasteiger partial charge in [0.05, 0.1) is 18.5 Å². The van der Waals surface area contributed by atoms with Crippen LogP contribution in [0.2, 0.25) is 0 Å². The Balaban J connectivity index is 1.69. The number of aromatic nitrogens is 1. The van der Waals surface area contributed by atoms with E-state index in [-0.39, 0.29) is 34.3 Å². The fourth-order valence-corrected chi connectivity index (χ4v) is 3.17. The number of halogens is 3. The highest BCUT2D eigenvalue weighted by atomic mass is 19.1. The van der Waals surface area contributed by atoms with Crippen molar-refractivity contribution in [1.82, 2.24) is 10.5 Å². The van der Waals surface area contributed by atoms with Gasteiger partial charge in [0.2, 0.25) is 5.76 Å². The van der Waals surface area contributed by atoms with E-state index in [1.165, 1.54) is 25.3 Å². The van der Waals surface area contributed by atoms with Crippen LogP contribution in [0.1, 0.15) is 30.8 Å². The van der Waals surface area contributed by atoms with Gasteiger partial charge in [0.15, 0.2) is 0 Å². The number of benzene rings is 2. The Morgan fingerprint density at radius 2 is 1.64 bits per heavy atom. The van der Waals surface area contributed by atoms with Crippen molar-refractivity contribution >= 4 is 29.3 Å². The third-order valence-electron chi connectivity index (χ3n) is 5.38. The summed E-state index contributed by atoms with van der Waals surface area (Å²) in [6, 6.07) is 5.70. The van der Waals surface area contributed by atoms with Gasteiger partial charge in [-0.25, -0.2) is 22.8 Å². The van der Waals surface area contributed by atoms with Crippen molar-refractivity contribution in [3.63, 3.8) is 0 Å². The summed E-state index contributed by atoms with van der Waals surface area (Å²) in [5.74, 6) is -4.36. The minimum atomic E-state index is -0.992. The van der Waals surface area contributed by atoms with Crippen LogP contribution in [0.15, 0.2) is 47.0 Å². The summed E-state index contributed by atoms with van der Waals surface area (Å²) in [7, 11) is 1.22. The van der Waals surface area contributed by atoms with E-state index in [1.54, 1.807) is 6.92 Å². The quantitative estimate of drug-likeness (QED) is 0.382. The molecule has 0 fully saturated rings. The first-order valence-corrected chi connectivity index (χ1v) is 10.8. The molecule has 0 aliphatic carbocycles. The number of nitrogens with zero attached hydrogens (tertiary/aromatic N) is 1. The van der Waals surface area contributed by atoms with Crippen molar-refractivity contribution in [1.29, 1.82) is 0 Å². The van der Waals surface area contributed by atoms with Gasteiger partial charge in [0.25, 0.3) is 5.91 Å². The van der Waals surface area contributed by atoms with E-state index in [4.69, 9.17) is 9.26 Å². The Morgan fingerprint density at radius 1 is 1.00 bits per heavy atom. The highest BCUT2D eigenvalue weighted by molar-refractivity contribution is 6.00. The largest absolute Gasteiger partial charge is 0.467 e. The van der Waals surface area contributed by atoms with Crippen LogP contribution in [-0.4, -0.2) is 36.2 Å². The molecule has 2 aromatic carbocycles. The lowest BCUT2D eigenvalue weighted by atomic mass is 9.99. The summed E-state index contributed by atoms with van der Waals surface area (Å²) >= 11 is 0. The molecular formula is C24H23F3N4O5. The number of amides is 3. The molecule has 2 atom stereocenters. The first kappa shape index (κ1) is 26.3. The maximum Gasteiger partial charge on any atom is 0.328 e. The molecule has 3 aromatic rings. The van der Waals surface area contributed by atoms with Gasteiger partial charge in [0.1, 0.15) is 29.2 Å². The number of rotatable bonds is 8. The third-order valence-corrected chi connectivity index (χ3v) is 5.38. The van der Waals surface area contributed by atoms with Gasteiger partial charge in [0, 0.05) is 17.7 Å². The molecule has 3 amide bonds. The second-order valence-electron chi connectivity index (χ2n) is 7.83. The van der Waals surface area contributed by atoms with Crippen LogP contribution < -0.4 is 16.0 Å². The molecule has 190 valence electrons. The molecule has 0 radical (unpaired) electrons. The number of anilines is 2. The summed E-state index contributed by atoms with van der Waals surface area (Å²) < 4.78 is 51.1. The first-order chi connectivity index (χ1) is 17.1. The number of carbonyl (C=O) groups is 3. The molecule has 0 saturated heterocycles. The van der Waals surface area contributed by atoms with Crippen LogP contribution in [0.3, 0.4) is 0 Å². The van der Waals surface area contributed by atoms with Gasteiger partial charge in [-0.05, 0) is 30.2 Å². The molecule has 0 aliphatic heterocycles. The number of methoxy groups -OCH3 is 1. The molecule has 1 heterocycles. The second-order valence-corrected chi connectivity index (χ2v) is 7.83. The molecule has 12 heteroatoms. The summed E-state index contributed by atoms with van der Waals surface area (Å²) in [4.78, 5) is 36.6. The van der Waals surface area contributed by atoms with Gasteiger partial charge >= 0.3 is 12.0 Å². The molecule has 36 heavy (non-hydrogen) atoms. The van der Waals surface area contributed by atoms with Gasteiger partial charge in [-0.3, -0.25) is 4.79 Å². The summed E-state index contributed by atoms with van der Waals surface area (Å²) in [6.07, 6.45) is 0.609. The van der Waals surface area contributed by atoms with Crippen molar-refractivity contribution in [3.8, 4) is 11.3 Å². The van der Waals surface area contributed by atoms with Crippen molar-refractivity contribution in [2.75, 3.05) is 17.7 Å². The lowest BCUT2D eigenvalue weighted by Gasteiger charge is -2.20. The summed E-state index contributed by atoms with van der Waals surface area (Å²) in [6.45, 7) is 3.64. The van der Waals surface area contributed by atoms with Crippen molar-refractivity contribution < 1.29 is 36.8 Å². The van der Waals surface area contributed by atoms with E-state index < -0.39 is 41.4 Å². The number of urea groups is 1. The Morgan fingerprint density at radius 3 is 2.22 bits per heavy atom. The molecular weight excluding hydrogens is 481 g/mol. The van der Waals surface area contributed by atoms with Gasteiger partial charge in [-0.2, -0.15) is 0 Å². The number of hydrogen-bond donors (Lipinski definition) is 3. The molecule has 1 aromatic heterocycles. The van der Waals surface area contributed by atoms with Crippen LogP contribution in [0.5, 0.6) is 0 Å². The van der Waals surface area contributed by atoms with Crippen molar-refractivity contribution in [2.45, 2.75) is 26.3 Å². The first-order valence-electron chi connectivity index (χ1n) is 10.8. The monoisotopic (exact) mass is 504 g/mol. The zero-order valence-corrected chi connectivity index (χ0v) is 19.5. The van der Waals surface area contributed by atoms with Gasteiger partial charge in [-0.1, -0.05) is 31.5 Å². The van der Waals surface area contributed by atoms with Gasteiger partial charge < -0.3 is 25.2 Å². The molecule has 2 unspecified atom stereocenters. The smallest absolute Gasteiger partial charge is 0.328 e. The minimum Gasteiger partial charge on any atom is -0.467 e. The number of carbonyl (C=O) groups excluding carboxylic acids is 3. The van der Waals surface area contributed by atoms with E-state index in [9.17, 15) is 27.6 Å². The van der Waals surface area contributed by atoms with E-state index in [2.05, 4.69) is 21.1 Å². The summed E-state index contributed by atoms with van der Waals surface area (Å²) in [5, 5.41) is 10.7. The zero-order chi connectivity index (χ0) is 26.4. The highest BCUT2D eigenvalue weighted by Gasteiger charge is 2.28. The number of ether oxygens (including phenoxy) is 1. The maximum absolute atomic E-state index is 14.6. The van der Waals surface area contributed by atoms with E-state index >= 15 is 0 Å². The van der Waals surface area contributed by atoms with Crippen LogP contribution in [0.4, 0.5) is 29.3 Å². The van der Waals surface area contributed by atoms with E-state index in [1.807, 2.05) is 6.92 Å². The summed E-state index contributed by atoms with van der Waals surface area (Å²) in [5.41, 5.74) is -0.157. The molecule has 0 aliphatic rings. The minimum absolute atomic E-state index is 0.126. The standard InChI is InChI=1S/C24H23F3N4O5/c1-4-12(2)21(23(33)35-3)30-22(32)20-11-19(31-36-20)13-5-7-17(15(26)9-13)28-24(34)29-18-8-6-14(25)10-16(18)27/h5-12,21H,4H2,1-3H3,(H,30,32)(H2,28,29,34). The normalized spacial score (nSPS) is 12.4. The van der Waals surface area contributed by atoms with Crippen LogP contribution in [0, 0.1) is 23.4 Å². The Hall–Kier alpha value is -4.35. The highest BCUT2D eigenvalue weighted by Crippen LogP contribution is 2.25. The third kappa shape index (κ3) is 6.20. The number of nitrogens with one attached hydrogen (secondary N) is 3. The van der Waals surface area contributed by atoms with Crippen molar-refractivity contribution in [2.24, 2.45) is 5.92 Å². The Kier molecular flexibility index (Phi) is 8.30. The lowest BCUT2D eigenvalue weighted by molar-refractivity contribution is -0.144. The Labute approximate surface area is 204 Å². The second kappa shape index (κ2) is 11.4. The van der Waals surface area contributed by atoms with Crippen LogP contribution >= 0.6 is 0 Å². The average Bonchev–Trinajstić information content (AvgIpc) is 3.35. The maximum atomic E-state index is 14.6. The molecule has 0 spiro atoms. The average molecular weight is 504 g/mol. The van der Waals surface area contributed by atoms with Crippen LogP contribution in [-0.2, 0) is 9.53 Å². The van der Waals surface area contributed by atoms with Gasteiger partial charge in [-0.15, -0.1) is 0 Å². The zero-order valence-electron chi connectivity index (χ0n) is 19.5. The molecule has 3 N–H and O–H groups in total. The van der Waals surface area contributed by atoms with Crippen LogP contribution in [0.25, 0.3) is 11.3 Å². The lowest BCUT2D eigenvalue weighted by Crippen LogP contribution is -2.45. The topological polar surface area (TPSA) is 123 Å². The molecule has 0 bridgehead atoms.